The van der Waals surface area contributed by atoms with Crippen LogP contribution in [0.1, 0.15) is 10.5 Å². The van der Waals surface area contributed by atoms with E-state index in [4.69, 9.17) is 9.47 Å². The van der Waals surface area contributed by atoms with Crippen molar-refractivity contribution in [3.05, 3.63) is 30.1 Å². The average molecular weight is 303 g/mol. The fourth-order valence-corrected chi connectivity index (χ4v) is 3.11. The van der Waals surface area contributed by atoms with Gasteiger partial charge >= 0.3 is 0 Å². The molecule has 2 saturated heterocycles. The number of carbonyl (C=O) groups excluding carboxylic acids is 1. The van der Waals surface area contributed by atoms with Gasteiger partial charge in [-0.15, -0.1) is 0 Å². The van der Waals surface area contributed by atoms with E-state index in [9.17, 15) is 9.90 Å². The molecule has 4 rings (SSSR count). The van der Waals surface area contributed by atoms with E-state index in [-0.39, 0.29) is 30.8 Å². The van der Waals surface area contributed by atoms with E-state index in [1.54, 1.807) is 6.07 Å². The van der Waals surface area contributed by atoms with Crippen LogP contribution in [-0.4, -0.2) is 58.1 Å². The number of pyridine rings is 1. The molecule has 0 saturated carbocycles. The molecule has 4 heterocycles. The predicted molar refractivity (Wildman–Crippen MR) is 77.5 cm³/mol. The number of fused-ring (bicyclic) bond motifs is 2. The molecule has 2 aliphatic rings. The van der Waals surface area contributed by atoms with Gasteiger partial charge in [-0.3, -0.25) is 4.79 Å². The molecule has 2 fully saturated rings. The van der Waals surface area contributed by atoms with E-state index in [1.807, 2.05) is 29.9 Å². The topological polar surface area (TPSA) is 85.6 Å². The van der Waals surface area contributed by atoms with E-state index >= 15 is 0 Å². The zero-order chi connectivity index (χ0) is 15.3. The van der Waals surface area contributed by atoms with Gasteiger partial charge in [0, 0.05) is 18.6 Å². The van der Waals surface area contributed by atoms with Crippen molar-refractivity contribution in [1.29, 1.82) is 0 Å². The van der Waals surface area contributed by atoms with Crippen LogP contribution in [0.15, 0.2) is 24.4 Å². The average Bonchev–Trinajstić information content (AvgIpc) is 3.18. The van der Waals surface area contributed by atoms with Gasteiger partial charge in [0.25, 0.3) is 5.91 Å². The number of carbonyl (C=O) groups is 1. The molecular weight excluding hydrogens is 286 g/mol. The molecule has 2 aromatic rings. The quantitative estimate of drug-likeness (QED) is 0.804. The Morgan fingerprint density at radius 1 is 1.32 bits per heavy atom. The highest BCUT2D eigenvalue weighted by atomic mass is 16.6. The maximum absolute atomic E-state index is 12.4. The highest BCUT2D eigenvalue weighted by Crippen LogP contribution is 2.27. The monoisotopic (exact) mass is 303 g/mol. The fraction of sp³-hybridized carbons (Fsp3) is 0.467. The van der Waals surface area contributed by atoms with E-state index in [0.29, 0.717) is 12.3 Å². The van der Waals surface area contributed by atoms with E-state index in [1.165, 1.54) is 0 Å². The van der Waals surface area contributed by atoms with Crippen molar-refractivity contribution in [3.63, 3.8) is 0 Å². The summed E-state index contributed by atoms with van der Waals surface area (Å²) in [4.78, 5) is 16.8. The predicted octanol–water partition coefficient (Wildman–Crippen LogP) is -0.170. The molecule has 0 aliphatic carbocycles. The Morgan fingerprint density at radius 2 is 2.14 bits per heavy atom. The summed E-state index contributed by atoms with van der Waals surface area (Å²) in [7, 11) is 1.89. The van der Waals surface area contributed by atoms with Crippen molar-refractivity contribution in [2.24, 2.45) is 7.05 Å². The Kier molecular flexibility index (Phi) is 3.14. The number of hydrogen-bond donors (Lipinski definition) is 2. The Morgan fingerprint density at radius 3 is 3.00 bits per heavy atom. The third-order valence-electron chi connectivity index (χ3n) is 4.29. The number of hydrogen-bond acceptors (Lipinski definition) is 5. The van der Waals surface area contributed by atoms with Gasteiger partial charge in [0.05, 0.1) is 19.3 Å². The first-order valence-electron chi connectivity index (χ1n) is 7.28. The summed E-state index contributed by atoms with van der Waals surface area (Å²) in [5.74, 6) is -0.262. The third-order valence-corrected chi connectivity index (χ3v) is 4.29. The molecule has 2 N–H and O–H groups in total. The van der Waals surface area contributed by atoms with Gasteiger partial charge in [-0.05, 0) is 18.2 Å². The maximum Gasteiger partial charge on any atom is 0.270 e. The van der Waals surface area contributed by atoms with Gasteiger partial charge in [-0.1, -0.05) is 0 Å². The van der Waals surface area contributed by atoms with Crippen LogP contribution in [0.4, 0.5) is 0 Å². The molecule has 1 amide bonds. The molecule has 0 bridgehead atoms. The Bertz CT molecular complexity index is 729. The number of nitrogens with one attached hydrogen (secondary N) is 1. The lowest BCUT2D eigenvalue weighted by atomic mass is 10.1. The molecular formula is C15H17N3O4. The van der Waals surface area contributed by atoms with E-state index in [2.05, 4.69) is 10.3 Å². The zero-order valence-electron chi connectivity index (χ0n) is 12.1. The number of ether oxygens (including phenoxy) is 2. The normalized spacial score (nSPS) is 30.6. The summed E-state index contributed by atoms with van der Waals surface area (Å²) in [6.07, 6.45) is 0.638. The molecule has 2 aromatic heterocycles. The highest BCUT2D eigenvalue weighted by molar-refractivity contribution is 5.94. The summed E-state index contributed by atoms with van der Waals surface area (Å²) in [6.45, 7) is 0.583. The summed E-state index contributed by atoms with van der Waals surface area (Å²) in [5, 5.41) is 13.6. The number of nitrogens with zero attached hydrogens (tertiary/aromatic N) is 2. The standard InChI is InChI=1S/C15H17N3O4/c1-18-5-4-8-2-3-9(16-14(8)18)15(20)17-10-6-21-13-11(19)7-22-12(10)13/h2-5,10-13,19H,6-7H2,1H3,(H,17,20)/t10-,11+,12+,13+/m0/s1. The minimum atomic E-state index is -0.621. The number of aliphatic hydroxyl groups is 1. The fourth-order valence-electron chi connectivity index (χ4n) is 3.11. The second kappa shape index (κ2) is 5.05. The van der Waals surface area contributed by atoms with Gasteiger partial charge in [-0.25, -0.2) is 4.98 Å². The van der Waals surface area contributed by atoms with Crippen molar-refractivity contribution in [3.8, 4) is 0 Å². The van der Waals surface area contributed by atoms with Crippen LogP contribution in [0.5, 0.6) is 0 Å². The molecule has 0 spiro atoms. The molecule has 0 unspecified atom stereocenters. The van der Waals surface area contributed by atoms with Crippen LogP contribution in [-0.2, 0) is 16.5 Å². The molecule has 7 nitrogen and oxygen atoms in total. The van der Waals surface area contributed by atoms with Gasteiger partial charge < -0.3 is 24.5 Å². The Balaban J connectivity index is 1.53. The smallest absolute Gasteiger partial charge is 0.270 e. The van der Waals surface area contributed by atoms with Gasteiger partial charge in [0.15, 0.2) is 0 Å². The molecule has 0 radical (unpaired) electrons. The molecule has 116 valence electrons. The van der Waals surface area contributed by atoms with Gasteiger partial charge in [0.2, 0.25) is 0 Å². The van der Waals surface area contributed by atoms with Crippen LogP contribution >= 0.6 is 0 Å². The van der Waals surface area contributed by atoms with Crippen LogP contribution in [0.25, 0.3) is 11.0 Å². The number of aryl methyl sites for hydroxylation is 1. The molecule has 22 heavy (non-hydrogen) atoms. The Labute approximate surface area is 126 Å². The lowest BCUT2D eigenvalue weighted by molar-refractivity contribution is 0.0178. The highest BCUT2D eigenvalue weighted by Gasteiger charge is 2.47. The summed E-state index contributed by atoms with van der Waals surface area (Å²) in [6, 6.07) is 5.27. The lowest BCUT2D eigenvalue weighted by Crippen LogP contribution is -2.44. The first kappa shape index (κ1) is 13.7. The minimum absolute atomic E-state index is 0.245. The SMILES string of the molecule is Cn1ccc2ccc(C(=O)N[C@H]3CO[C@H]4[C@@H]3OC[C@H]4O)nc21. The number of aliphatic hydroxyl groups excluding tert-OH is 1. The van der Waals surface area contributed by atoms with Crippen molar-refractivity contribution in [2.45, 2.75) is 24.4 Å². The molecule has 2 aliphatic heterocycles. The molecule has 4 atom stereocenters. The van der Waals surface area contributed by atoms with Crippen LogP contribution < -0.4 is 5.32 Å². The summed E-state index contributed by atoms with van der Waals surface area (Å²) in [5.41, 5.74) is 1.12. The van der Waals surface area contributed by atoms with Crippen molar-refractivity contribution in [1.82, 2.24) is 14.9 Å². The third kappa shape index (κ3) is 2.09. The largest absolute Gasteiger partial charge is 0.388 e. The lowest BCUT2D eigenvalue weighted by Gasteiger charge is -2.17. The van der Waals surface area contributed by atoms with Crippen LogP contribution in [0.3, 0.4) is 0 Å². The number of aromatic nitrogens is 2. The first-order valence-corrected chi connectivity index (χ1v) is 7.28. The van der Waals surface area contributed by atoms with Crippen molar-refractivity contribution in [2.75, 3.05) is 13.2 Å². The maximum atomic E-state index is 12.4. The number of rotatable bonds is 2. The van der Waals surface area contributed by atoms with E-state index < -0.39 is 6.10 Å². The second-order valence-electron chi connectivity index (χ2n) is 5.78. The minimum Gasteiger partial charge on any atom is -0.388 e. The van der Waals surface area contributed by atoms with Gasteiger partial charge in [-0.2, -0.15) is 0 Å². The van der Waals surface area contributed by atoms with Crippen LogP contribution in [0.2, 0.25) is 0 Å². The number of amides is 1. The molecule has 0 aromatic carbocycles. The zero-order valence-corrected chi connectivity index (χ0v) is 12.1. The van der Waals surface area contributed by atoms with Gasteiger partial charge in [0.1, 0.15) is 29.7 Å². The van der Waals surface area contributed by atoms with E-state index in [0.717, 1.165) is 11.0 Å². The summed E-state index contributed by atoms with van der Waals surface area (Å²) < 4.78 is 12.9. The first-order chi connectivity index (χ1) is 10.6. The second-order valence-corrected chi connectivity index (χ2v) is 5.78. The van der Waals surface area contributed by atoms with Crippen molar-refractivity contribution >= 4 is 16.9 Å². The van der Waals surface area contributed by atoms with Crippen LogP contribution in [0, 0.1) is 0 Å². The molecule has 7 heteroatoms. The Hall–Kier alpha value is -1.96. The van der Waals surface area contributed by atoms with Crippen molar-refractivity contribution < 1.29 is 19.4 Å². The summed E-state index contributed by atoms with van der Waals surface area (Å²) >= 11 is 0.